The van der Waals surface area contributed by atoms with Crippen molar-refractivity contribution < 1.29 is 13.6 Å². The molecule has 0 aliphatic heterocycles. The number of nitrogens with one attached hydrogen (secondary N) is 2. The Morgan fingerprint density at radius 3 is 2.38 bits per heavy atom. The van der Waals surface area contributed by atoms with E-state index < -0.39 is 21.7 Å². The summed E-state index contributed by atoms with van der Waals surface area (Å²) < 4.78 is 16.0. The molecule has 0 aliphatic rings. The molecule has 1 aromatic heterocycles. The van der Waals surface area contributed by atoms with E-state index in [-0.39, 0.29) is 5.76 Å². The Labute approximate surface area is 135 Å². The minimum absolute atomic E-state index is 0.0788. The highest BCUT2D eigenvalue weighted by Gasteiger charge is 2.34. The summed E-state index contributed by atoms with van der Waals surface area (Å²) in [7, 11) is 0. The molecule has 0 aliphatic carbocycles. The van der Waals surface area contributed by atoms with Crippen LogP contribution in [-0.2, 0) is 0 Å². The lowest BCUT2D eigenvalue weighted by Gasteiger charge is -2.27. The van der Waals surface area contributed by atoms with Crippen LogP contribution in [0.2, 0.25) is 0 Å². The normalized spacial score (nSPS) is 12.8. The number of carbonyl (C=O) groups is 1. The van der Waals surface area contributed by atoms with Gasteiger partial charge in [-0.25, -0.2) is 4.39 Å². The van der Waals surface area contributed by atoms with Gasteiger partial charge >= 0.3 is 0 Å². The van der Waals surface area contributed by atoms with Crippen molar-refractivity contribution in [3.63, 3.8) is 0 Å². The Kier molecular flexibility index (Phi) is 4.98. The smallest absolute Gasteiger partial charge is 0.288 e. The largest absolute Gasteiger partial charge is 0.459 e. The first-order valence-corrected chi connectivity index (χ1v) is 6.93. The Balaban J connectivity index is 2.12. The Bertz CT molecular complexity index is 597. The molecular formula is C13H10Cl3FN2O2. The summed E-state index contributed by atoms with van der Waals surface area (Å²) in [6.45, 7) is 0. The van der Waals surface area contributed by atoms with Crippen LogP contribution >= 0.6 is 34.8 Å². The van der Waals surface area contributed by atoms with Crippen LogP contribution in [0.15, 0.2) is 47.1 Å². The highest BCUT2D eigenvalue weighted by molar-refractivity contribution is 6.68. The van der Waals surface area contributed by atoms with E-state index in [4.69, 9.17) is 39.2 Å². The molecule has 0 saturated heterocycles. The van der Waals surface area contributed by atoms with Crippen LogP contribution in [-0.4, -0.2) is 15.9 Å². The maximum Gasteiger partial charge on any atom is 0.288 e. The number of carbonyl (C=O) groups excluding carboxylic acids is 1. The fraction of sp³-hybridized carbons (Fsp3) is 0.154. The van der Waals surface area contributed by atoms with Crippen molar-refractivity contribution in [2.75, 3.05) is 5.32 Å². The lowest BCUT2D eigenvalue weighted by atomic mass is 10.3. The van der Waals surface area contributed by atoms with Gasteiger partial charge < -0.3 is 15.1 Å². The van der Waals surface area contributed by atoms with Gasteiger partial charge in [0.25, 0.3) is 5.91 Å². The molecule has 2 rings (SSSR count). The fourth-order valence-corrected chi connectivity index (χ4v) is 1.85. The molecular weight excluding hydrogens is 342 g/mol. The molecule has 0 fully saturated rings. The third kappa shape index (κ3) is 4.52. The van der Waals surface area contributed by atoms with E-state index in [9.17, 15) is 9.18 Å². The van der Waals surface area contributed by atoms with E-state index in [1.807, 2.05) is 0 Å². The molecule has 1 amide bonds. The number of furan rings is 1. The molecule has 0 bridgehead atoms. The van der Waals surface area contributed by atoms with Gasteiger partial charge in [-0.15, -0.1) is 0 Å². The number of halogens is 4. The first-order chi connectivity index (χ1) is 9.86. The topological polar surface area (TPSA) is 54.3 Å². The Morgan fingerprint density at radius 1 is 1.19 bits per heavy atom. The average molecular weight is 352 g/mol. The molecule has 21 heavy (non-hydrogen) atoms. The number of hydrogen-bond acceptors (Lipinski definition) is 3. The van der Waals surface area contributed by atoms with Crippen LogP contribution < -0.4 is 10.6 Å². The van der Waals surface area contributed by atoms with Crippen LogP contribution in [0.5, 0.6) is 0 Å². The zero-order valence-electron chi connectivity index (χ0n) is 10.4. The third-order valence-electron chi connectivity index (χ3n) is 2.50. The van der Waals surface area contributed by atoms with Crippen molar-refractivity contribution in [1.29, 1.82) is 0 Å². The Hall–Kier alpha value is -1.43. The molecule has 0 radical (unpaired) electrons. The van der Waals surface area contributed by atoms with Gasteiger partial charge in [0.2, 0.25) is 3.79 Å². The van der Waals surface area contributed by atoms with E-state index in [0.29, 0.717) is 5.69 Å². The lowest BCUT2D eigenvalue weighted by Crippen LogP contribution is -2.49. The predicted octanol–water partition coefficient (Wildman–Crippen LogP) is 3.96. The quantitative estimate of drug-likeness (QED) is 0.647. The van der Waals surface area contributed by atoms with Gasteiger partial charge in [0, 0.05) is 5.69 Å². The molecule has 0 spiro atoms. The SMILES string of the molecule is O=C(N[C@H](Nc1ccc(F)cc1)C(Cl)(Cl)Cl)c1ccco1. The van der Waals surface area contributed by atoms with Gasteiger partial charge in [0.05, 0.1) is 6.26 Å². The third-order valence-corrected chi connectivity index (χ3v) is 3.16. The molecule has 0 saturated carbocycles. The highest BCUT2D eigenvalue weighted by Crippen LogP contribution is 2.31. The molecule has 2 N–H and O–H groups in total. The fourth-order valence-electron chi connectivity index (χ4n) is 1.52. The molecule has 8 heteroatoms. The van der Waals surface area contributed by atoms with Crippen LogP contribution in [0.1, 0.15) is 10.6 Å². The van der Waals surface area contributed by atoms with E-state index in [2.05, 4.69) is 10.6 Å². The van der Waals surface area contributed by atoms with Gasteiger partial charge in [0.1, 0.15) is 12.0 Å². The van der Waals surface area contributed by atoms with Crippen molar-refractivity contribution in [3.05, 3.63) is 54.2 Å². The summed E-state index contributed by atoms with van der Waals surface area (Å²) in [6, 6.07) is 8.43. The van der Waals surface area contributed by atoms with E-state index >= 15 is 0 Å². The van der Waals surface area contributed by atoms with E-state index in [1.54, 1.807) is 6.07 Å². The first kappa shape index (κ1) is 15.9. The lowest BCUT2D eigenvalue weighted by molar-refractivity contribution is 0.0914. The zero-order chi connectivity index (χ0) is 15.5. The molecule has 112 valence electrons. The average Bonchev–Trinajstić information content (AvgIpc) is 2.93. The highest BCUT2D eigenvalue weighted by atomic mass is 35.6. The minimum Gasteiger partial charge on any atom is -0.459 e. The standard InChI is InChI=1S/C13H10Cl3FN2O2/c14-13(15,16)12(18-9-5-3-8(17)4-6-9)19-11(20)10-2-1-7-21-10/h1-7,12,18H,(H,19,20)/t12-/m0/s1. The maximum atomic E-state index is 12.9. The summed E-state index contributed by atoms with van der Waals surface area (Å²) in [6.07, 6.45) is 0.317. The van der Waals surface area contributed by atoms with Gasteiger partial charge in [0.15, 0.2) is 5.76 Å². The Morgan fingerprint density at radius 2 is 1.86 bits per heavy atom. The van der Waals surface area contributed by atoms with Crippen LogP contribution in [0.3, 0.4) is 0 Å². The molecule has 0 unspecified atom stereocenters. The number of rotatable bonds is 4. The summed E-state index contributed by atoms with van der Waals surface area (Å²) in [5.41, 5.74) is 0.479. The van der Waals surface area contributed by atoms with Gasteiger partial charge in [-0.05, 0) is 36.4 Å². The minimum atomic E-state index is -1.82. The van der Waals surface area contributed by atoms with Crippen LogP contribution in [0.25, 0.3) is 0 Å². The maximum absolute atomic E-state index is 12.9. The first-order valence-electron chi connectivity index (χ1n) is 5.79. The summed E-state index contributed by atoms with van der Waals surface area (Å²) in [5.74, 6) is -0.869. The van der Waals surface area contributed by atoms with Crippen LogP contribution in [0, 0.1) is 5.82 Å². The molecule has 1 aromatic carbocycles. The number of benzene rings is 1. The predicted molar refractivity (Wildman–Crippen MR) is 80.3 cm³/mol. The summed E-state index contributed by atoms with van der Waals surface area (Å²) in [4.78, 5) is 11.9. The molecule has 2 aromatic rings. The van der Waals surface area contributed by atoms with Gasteiger partial charge in [-0.1, -0.05) is 34.8 Å². The number of amides is 1. The second-order valence-corrected chi connectivity index (χ2v) is 6.45. The van der Waals surface area contributed by atoms with Crippen molar-refractivity contribution in [1.82, 2.24) is 5.32 Å². The van der Waals surface area contributed by atoms with Gasteiger partial charge in [-0.3, -0.25) is 4.79 Å². The van der Waals surface area contributed by atoms with Crippen LogP contribution in [0.4, 0.5) is 10.1 Å². The van der Waals surface area contributed by atoms with Crippen molar-refractivity contribution in [2.24, 2.45) is 0 Å². The van der Waals surface area contributed by atoms with Gasteiger partial charge in [-0.2, -0.15) is 0 Å². The molecule has 1 atom stereocenters. The number of anilines is 1. The zero-order valence-corrected chi connectivity index (χ0v) is 12.7. The van der Waals surface area contributed by atoms with Crippen molar-refractivity contribution >= 4 is 46.4 Å². The second kappa shape index (κ2) is 6.56. The number of alkyl halides is 3. The number of hydrogen-bond donors (Lipinski definition) is 2. The monoisotopic (exact) mass is 350 g/mol. The van der Waals surface area contributed by atoms with Crippen molar-refractivity contribution in [2.45, 2.75) is 9.96 Å². The summed E-state index contributed by atoms with van der Waals surface area (Å²) in [5, 5.41) is 5.29. The summed E-state index contributed by atoms with van der Waals surface area (Å²) >= 11 is 17.5. The van der Waals surface area contributed by atoms with E-state index in [0.717, 1.165) is 0 Å². The second-order valence-electron chi connectivity index (χ2n) is 4.08. The molecule has 1 heterocycles. The van der Waals surface area contributed by atoms with Crippen molar-refractivity contribution in [3.8, 4) is 0 Å². The molecule has 4 nitrogen and oxygen atoms in total. The van der Waals surface area contributed by atoms with E-state index in [1.165, 1.54) is 36.6 Å².